The van der Waals surface area contributed by atoms with Crippen molar-refractivity contribution in [2.75, 3.05) is 20.3 Å². The molecule has 1 aliphatic rings. The molecule has 1 fully saturated rings. The van der Waals surface area contributed by atoms with Crippen molar-refractivity contribution in [3.05, 3.63) is 29.1 Å². The Morgan fingerprint density at radius 2 is 2.10 bits per heavy atom. The average molecular weight is 316 g/mol. The van der Waals surface area contributed by atoms with Crippen molar-refractivity contribution in [1.29, 1.82) is 0 Å². The number of benzene rings is 1. The lowest BCUT2D eigenvalue weighted by atomic mass is 10.1. The van der Waals surface area contributed by atoms with Crippen LogP contribution in [0.15, 0.2) is 17.0 Å². The van der Waals surface area contributed by atoms with E-state index in [1.54, 1.807) is 0 Å². The molecule has 0 aromatic heterocycles. The second-order valence-electron chi connectivity index (χ2n) is 5.25. The van der Waals surface area contributed by atoms with Gasteiger partial charge in [0.25, 0.3) is 0 Å². The van der Waals surface area contributed by atoms with E-state index in [1.165, 1.54) is 26.2 Å². The highest BCUT2D eigenvalue weighted by Gasteiger charge is 2.22. The van der Waals surface area contributed by atoms with Gasteiger partial charge < -0.3 is 10.1 Å². The maximum atomic E-state index is 14.0. The Hall–Kier alpha value is -1.02. The van der Waals surface area contributed by atoms with E-state index in [1.807, 2.05) is 0 Å². The van der Waals surface area contributed by atoms with Crippen LogP contribution in [0.5, 0.6) is 0 Å². The van der Waals surface area contributed by atoms with Crippen LogP contribution in [0.3, 0.4) is 0 Å². The van der Waals surface area contributed by atoms with E-state index < -0.39 is 15.8 Å². The molecule has 0 heterocycles. The maximum Gasteiger partial charge on any atom is 0.241 e. The van der Waals surface area contributed by atoms with Crippen molar-refractivity contribution < 1.29 is 17.5 Å². The normalized spacial score (nSPS) is 15.4. The zero-order valence-electron chi connectivity index (χ0n) is 12.3. The molecule has 0 unspecified atom stereocenters. The average Bonchev–Trinajstić information content (AvgIpc) is 3.24. The van der Waals surface area contributed by atoms with Gasteiger partial charge in [-0.05, 0) is 37.5 Å². The maximum absolute atomic E-state index is 14.0. The first kappa shape index (κ1) is 16.4. The van der Waals surface area contributed by atoms with Crippen molar-refractivity contribution in [3.8, 4) is 0 Å². The van der Waals surface area contributed by atoms with E-state index in [0.29, 0.717) is 18.2 Å². The van der Waals surface area contributed by atoms with Gasteiger partial charge in [-0.3, -0.25) is 0 Å². The summed E-state index contributed by atoms with van der Waals surface area (Å²) < 4.78 is 45.6. The Morgan fingerprint density at radius 1 is 1.38 bits per heavy atom. The number of ether oxygens (including phenoxy) is 1. The molecule has 0 bridgehead atoms. The van der Waals surface area contributed by atoms with Crippen LogP contribution in [-0.4, -0.2) is 34.7 Å². The van der Waals surface area contributed by atoms with E-state index >= 15 is 0 Å². The number of rotatable bonds is 8. The molecular weight excluding hydrogens is 295 g/mol. The lowest BCUT2D eigenvalue weighted by Gasteiger charge is -2.12. The third-order valence-corrected chi connectivity index (χ3v) is 5.00. The van der Waals surface area contributed by atoms with Crippen molar-refractivity contribution in [3.63, 3.8) is 0 Å². The number of nitrogens with one attached hydrogen (secondary N) is 2. The zero-order valence-corrected chi connectivity index (χ0v) is 13.1. The molecule has 1 aromatic rings. The molecule has 0 aliphatic heterocycles. The summed E-state index contributed by atoms with van der Waals surface area (Å²) in [7, 11) is -2.24. The molecule has 2 rings (SSSR count). The summed E-state index contributed by atoms with van der Waals surface area (Å²) in [5.74, 6) is -0.503. The molecule has 7 heteroatoms. The SMILES string of the molecule is COCCNS(=O)(=O)c1cc(CNC2CC2)cc(F)c1C. The highest BCUT2D eigenvalue weighted by molar-refractivity contribution is 7.89. The fourth-order valence-electron chi connectivity index (χ4n) is 1.99. The van der Waals surface area contributed by atoms with Crippen LogP contribution >= 0.6 is 0 Å². The highest BCUT2D eigenvalue weighted by Crippen LogP contribution is 2.23. The minimum atomic E-state index is -3.73. The van der Waals surface area contributed by atoms with E-state index in [0.717, 1.165) is 12.8 Å². The fourth-order valence-corrected chi connectivity index (χ4v) is 3.31. The molecule has 1 aromatic carbocycles. The number of hydrogen-bond donors (Lipinski definition) is 2. The Morgan fingerprint density at radius 3 is 2.71 bits per heavy atom. The van der Waals surface area contributed by atoms with Crippen LogP contribution in [0.1, 0.15) is 24.0 Å². The topological polar surface area (TPSA) is 67.4 Å². The lowest BCUT2D eigenvalue weighted by Crippen LogP contribution is -2.28. The summed E-state index contributed by atoms with van der Waals surface area (Å²) in [6.07, 6.45) is 2.25. The molecular formula is C14H21FN2O3S. The number of hydrogen-bond acceptors (Lipinski definition) is 4. The molecule has 5 nitrogen and oxygen atoms in total. The predicted octanol–water partition coefficient (Wildman–Crippen LogP) is 1.31. The number of sulfonamides is 1. The van der Waals surface area contributed by atoms with Gasteiger partial charge in [-0.15, -0.1) is 0 Å². The van der Waals surface area contributed by atoms with Gasteiger partial charge in [0.15, 0.2) is 0 Å². The predicted molar refractivity (Wildman–Crippen MR) is 78.1 cm³/mol. The molecule has 0 atom stereocenters. The molecule has 0 amide bonds. The smallest absolute Gasteiger partial charge is 0.241 e. The third kappa shape index (κ3) is 4.47. The minimum Gasteiger partial charge on any atom is -0.383 e. The van der Waals surface area contributed by atoms with Gasteiger partial charge in [0, 0.05) is 31.8 Å². The first-order valence-electron chi connectivity index (χ1n) is 6.95. The van der Waals surface area contributed by atoms with Gasteiger partial charge in [-0.1, -0.05) is 0 Å². The molecule has 0 radical (unpaired) electrons. The fraction of sp³-hybridized carbons (Fsp3) is 0.571. The Bertz CT molecular complexity index is 600. The second-order valence-corrected chi connectivity index (χ2v) is 6.98. The summed E-state index contributed by atoms with van der Waals surface area (Å²) in [6, 6.07) is 3.40. The van der Waals surface area contributed by atoms with Crippen molar-refractivity contribution in [2.45, 2.75) is 37.2 Å². The highest BCUT2D eigenvalue weighted by atomic mass is 32.2. The van der Waals surface area contributed by atoms with E-state index in [2.05, 4.69) is 10.0 Å². The number of methoxy groups -OCH3 is 1. The summed E-state index contributed by atoms with van der Waals surface area (Å²) >= 11 is 0. The van der Waals surface area contributed by atoms with Crippen LogP contribution in [0.2, 0.25) is 0 Å². The summed E-state index contributed by atoms with van der Waals surface area (Å²) in [4.78, 5) is -0.00815. The van der Waals surface area contributed by atoms with Gasteiger partial charge >= 0.3 is 0 Å². The van der Waals surface area contributed by atoms with Crippen LogP contribution in [0.4, 0.5) is 4.39 Å². The van der Waals surface area contributed by atoms with E-state index in [4.69, 9.17) is 4.74 Å². The summed E-state index contributed by atoms with van der Waals surface area (Å²) in [5.41, 5.74) is 0.771. The quantitative estimate of drug-likeness (QED) is 0.710. The molecule has 21 heavy (non-hydrogen) atoms. The zero-order chi connectivity index (χ0) is 15.5. The van der Waals surface area contributed by atoms with Crippen molar-refractivity contribution in [1.82, 2.24) is 10.0 Å². The van der Waals surface area contributed by atoms with E-state index in [9.17, 15) is 12.8 Å². The molecule has 0 saturated heterocycles. The van der Waals surface area contributed by atoms with Gasteiger partial charge in [0.05, 0.1) is 11.5 Å². The molecule has 1 aliphatic carbocycles. The van der Waals surface area contributed by atoms with Gasteiger partial charge in [0.1, 0.15) is 5.82 Å². The van der Waals surface area contributed by atoms with Crippen LogP contribution in [0.25, 0.3) is 0 Å². The van der Waals surface area contributed by atoms with Crippen LogP contribution < -0.4 is 10.0 Å². The molecule has 118 valence electrons. The van der Waals surface area contributed by atoms with Gasteiger partial charge in [-0.25, -0.2) is 17.5 Å². The minimum absolute atomic E-state index is 0.00815. The Kier molecular flexibility index (Phi) is 5.32. The standard InChI is InChI=1S/C14H21FN2O3S/c1-10-13(15)7-11(9-16-12-3-4-12)8-14(10)21(18,19)17-5-6-20-2/h7-8,12,16-17H,3-6,9H2,1-2H3. The van der Waals surface area contributed by atoms with Gasteiger partial charge in [-0.2, -0.15) is 0 Å². The molecule has 0 spiro atoms. The second kappa shape index (κ2) is 6.83. The van der Waals surface area contributed by atoms with Crippen LogP contribution in [0, 0.1) is 12.7 Å². The first-order valence-corrected chi connectivity index (χ1v) is 8.43. The Balaban J connectivity index is 2.19. The first-order chi connectivity index (χ1) is 9.94. The Labute approximate surface area is 124 Å². The summed E-state index contributed by atoms with van der Waals surface area (Å²) in [6.45, 7) is 2.37. The monoisotopic (exact) mass is 316 g/mol. The number of halogens is 1. The van der Waals surface area contributed by atoms with Crippen LogP contribution in [-0.2, 0) is 21.3 Å². The van der Waals surface area contributed by atoms with Crippen molar-refractivity contribution >= 4 is 10.0 Å². The largest absolute Gasteiger partial charge is 0.383 e. The molecule has 1 saturated carbocycles. The van der Waals surface area contributed by atoms with Gasteiger partial charge in [0.2, 0.25) is 10.0 Å². The molecule has 2 N–H and O–H groups in total. The third-order valence-electron chi connectivity index (χ3n) is 3.42. The van der Waals surface area contributed by atoms with E-state index in [-0.39, 0.29) is 23.6 Å². The lowest BCUT2D eigenvalue weighted by molar-refractivity contribution is 0.204. The summed E-state index contributed by atoms with van der Waals surface area (Å²) in [5, 5.41) is 3.25. The van der Waals surface area contributed by atoms with Crippen molar-refractivity contribution in [2.24, 2.45) is 0 Å².